The third-order valence-electron chi connectivity index (χ3n) is 3.35. The second kappa shape index (κ2) is 6.20. The highest BCUT2D eigenvalue weighted by molar-refractivity contribution is 9.10. The number of nitrogens with two attached hydrogens (primary N) is 1. The number of aryl methyl sites for hydroxylation is 2. The number of aromatic nitrogens is 2. The Hall–Kier alpha value is -0.970. The molecule has 0 bridgehead atoms. The topological polar surface area (TPSA) is 51.8 Å². The number of hydrogen-bond acceptors (Lipinski definition) is 3. The molecule has 1 heterocycles. The highest BCUT2D eigenvalue weighted by atomic mass is 79.9. The van der Waals surface area contributed by atoms with Crippen LogP contribution in [0.3, 0.4) is 0 Å². The van der Waals surface area contributed by atoms with Gasteiger partial charge in [0, 0.05) is 21.4 Å². The van der Waals surface area contributed by atoms with Gasteiger partial charge in [0.2, 0.25) is 0 Å². The summed E-state index contributed by atoms with van der Waals surface area (Å²) in [6.45, 7) is 6.70. The molecule has 0 spiro atoms. The average molecular weight is 355 g/mol. The Morgan fingerprint density at radius 2 is 1.85 bits per heavy atom. The van der Waals surface area contributed by atoms with Gasteiger partial charge in [-0.1, -0.05) is 18.5 Å². The van der Waals surface area contributed by atoms with E-state index in [-0.39, 0.29) is 5.92 Å². The molecule has 0 saturated carbocycles. The molecule has 3 nitrogen and oxygen atoms in total. The van der Waals surface area contributed by atoms with Gasteiger partial charge in [-0.2, -0.15) is 0 Å². The third kappa shape index (κ3) is 3.03. The molecule has 2 aromatic rings. The fourth-order valence-electron chi connectivity index (χ4n) is 2.32. The lowest BCUT2D eigenvalue weighted by Crippen LogP contribution is -2.14. The Bertz CT molecular complexity index is 620. The summed E-state index contributed by atoms with van der Waals surface area (Å²) in [7, 11) is 0. The van der Waals surface area contributed by atoms with E-state index in [1.807, 2.05) is 32.0 Å². The van der Waals surface area contributed by atoms with Gasteiger partial charge in [0.25, 0.3) is 0 Å². The maximum Gasteiger partial charge on any atom is 0.159 e. The number of nitrogens with zero attached hydrogens (tertiary/aromatic N) is 2. The lowest BCUT2D eigenvalue weighted by Gasteiger charge is -2.15. The Morgan fingerprint density at radius 3 is 2.35 bits per heavy atom. The number of halogens is 2. The molecule has 5 heteroatoms. The van der Waals surface area contributed by atoms with E-state index in [4.69, 9.17) is 17.3 Å². The standard InChI is InChI=1S/C15H17BrClN3/c1-8(7-18)14-9(2)19-15(20-10(14)3)11-4-5-13(17)12(16)6-11/h4-6,8H,7,18H2,1-3H3. The van der Waals surface area contributed by atoms with Crippen molar-refractivity contribution in [3.05, 3.63) is 44.6 Å². The van der Waals surface area contributed by atoms with Crippen LogP contribution in [0, 0.1) is 13.8 Å². The molecule has 2 N–H and O–H groups in total. The summed E-state index contributed by atoms with van der Waals surface area (Å²) in [6, 6.07) is 5.70. The Labute approximate surface area is 132 Å². The van der Waals surface area contributed by atoms with Gasteiger partial charge in [-0.25, -0.2) is 9.97 Å². The van der Waals surface area contributed by atoms with Crippen molar-refractivity contribution in [2.75, 3.05) is 6.54 Å². The molecule has 0 aliphatic carbocycles. The summed E-state index contributed by atoms with van der Waals surface area (Å²) in [5.74, 6) is 0.978. The summed E-state index contributed by atoms with van der Waals surface area (Å²) < 4.78 is 0.843. The van der Waals surface area contributed by atoms with Gasteiger partial charge in [0.1, 0.15) is 0 Å². The predicted octanol–water partition coefficient (Wildman–Crippen LogP) is 4.24. The van der Waals surface area contributed by atoms with E-state index in [1.165, 1.54) is 0 Å². The van der Waals surface area contributed by atoms with Crippen LogP contribution in [-0.2, 0) is 0 Å². The lowest BCUT2D eigenvalue weighted by molar-refractivity contribution is 0.744. The maximum atomic E-state index is 6.01. The van der Waals surface area contributed by atoms with Crippen molar-refractivity contribution in [3.63, 3.8) is 0 Å². The number of hydrogen-bond donors (Lipinski definition) is 1. The zero-order valence-corrected chi connectivity index (χ0v) is 14.1. The lowest BCUT2D eigenvalue weighted by atomic mass is 9.98. The summed E-state index contributed by atoms with van der Waals surface area (Å²) in [4.78, 5) is 9.23. The fourth-order valence-corrected chi connectivity index (χ4v) is 2.82. The van der Waals surface area contributed by atoms with Gasteiger partial charge in [0.15, 0.2) is 5.82 Å². The van der Waals surface area contributed by atoms with Gasteiger partial charge in [0.05, 0.1) is 5.02 Å². The van der Waals surface area contributed by atoms with E-state index in [2.05, 4.69) is 32.8 Å². The number of benzene rings is 1. The van der Waals surface area contributed by atoms with Crippen LogP contribution in [0.5, 0.6) is 0 Å². The van der Waals surface area contributed by atoms with E-state index < -0.39 is 0 Å². The van der Waals surface area contributed by atoms with Crippen molar-refractivity contribution in [2.24, 2.45) is 5.73 Å². The second-order valence-corrected chi connectivity index (χ2v) is 6.16. The minimum Gasteiger partial charge on any atom is -0.330 e. The zero-order valence-electron chi connectivity index (χ0n) is 11.7. The van der Waals surface area contributed by atoms with Crippen molar-refractivity contribution in [3.8, 4) is 11.4 Å². The van der Waals surface area contributed by atoms with Crippen molar-refractivity contribution in [2.45, 2.75) is 26.7 Å². The molecule has 1 aromatic heterocycles. The van der Waals surface area contributed by atoms with E-state index in [9.17, 15) is 0 Å². The molecule has 2 rings (SSSR count). The van der Waals surface area contributed by atoms with Crippen LogP contribution in [0.15, 0.2) is 22.7 Å². The molecule has 0 amide bonds. The predicted molar refractivity (Wildman–Crippen MR) is 87.1 cm³/mol. The van der Waals surface area contributed by atoms with Crippen molar-refractivity contribution in [1.29, 1.82) is 0 Å². The average Bonchev–Trinajstić information content (AvgIpc) is 2.40. The normalized spacial score (nSPS) is 12.5. The number of rotatable bonds is 3. The molecule has 1 atom stereocenters. The highest BCUT2D eigenvalue weighted by Crippen LogP contribution is 2.29. The molecule has 0 radical (unpaired) electrons. The zero-order chi connectivity index (χ0) is 14.9. The van der Waals surface area contributed by atoms with Crippen molar-refractivity contribution < 1.29 is 0 Å². The minimum atomic E-state index is 0.265. The van der Waals surface area contributed by atoms with E-state index >= 15 is 0 Å². The van der Waals surface area contributed by atoms with Crippen LogP contribution >= 0.6 is 27.5 Å². The summed E-state index contributed by atoms with van der Waals surface area (Å²) in [5, 5.41) is 0.676. The molecule has 0 fully saturated rings. The van der Waals surface area contributed by atoms with Crippen LogP contribution in [0.25, 0.3) is 11.4 Å². The van der Waals surface area contributed by atoms with E-state index in [0.29, 0.717) is 17.4 Å². The molecule has 106 valence electrons. The van der Waals surface area contributed by atoms with Crippen molar-refractivity contribution in [1.82, 2.24) is 9.97 Å². The summed E-state index contributed by atoms with van der Waals surface area (Å²) in [5.41, 5.74) is 9.80. The van der Waals surface area contributed by atoms with Crippen molar-refractivity contribution >= 4 is 27.5 Å². The second-order valence-electron chi connectivity index (χ2n) is 4.90. The molecule has 1 unspecified atom stereocenters. The molecule has 20 heavy (non-hydrogen) atoms. The van der Waals surface area contributed by atoms with Crippen LogP contribution in [0.4, 0.5) is 0 Å². The van der Waals surface area contributed by atoms with Crippen LogP contribution < -0.4 is 5.73 Å². The summed E-state index contributed by atoms with van der Waals surface area (Å²) >= 11 is 9.44. The van der Waals surface area contributed by atoms with Crippen LogP contribution in [0.2, 0.25) is 5.02 Å². The van der Waals surface area contributed by atoms with E-state index in [1.54, 1.807) is 0 Å². The Morgan fingerprint density at radius 1 is 1.25 bits per heavy atom. The molecular formula is C15H17BrClN3. The summed E-state index contributed by atoms with van der Waals surface area (Å²) in [6.07, 6.45) is 0. The third-order valence-corrected chi connectivity index (χ3v) is 4.56. The van der Waals surface area contributed by atoms with E-state index in [0.717, 1.165) is 27.0 Å². The smallest absolute Gasteiger partial charge is 0.159 e. The molecule has 1 aromatic carbocycles. The molecular weight excluding hydrogens is 338 g/mol. The molecule has 0 aliphatic heterocycles. The highest BCUT2D eigenvalue weighted by Gasteiger charge is 2.15. The van der Waals surface area contributed by atoms with Gasteiger partial charge >= 0.3 is 0 Å². The first-order valence-electron chi connectivity index (χ1n) is 6.44. The van der Waals surface area contributed by atoms with Crippen LogP contribution in [-0.4, -0.2) is 16.5 Å². The largest absolute Gasteiger partial charge is 0.330 e. The molecule has 0 saturated heterocycles. The minimum absolute atomic E-state index is 0.265. The quantitative estimate of drug-likeness (QED) is 0.897. The monoisotopic (exact) mass is 353 g/mol. The first kappa shape index (κ1) is 15.4. The maximum absolute atomic E-state index is 6.01. The van der Waals surface area contributed by atoms with Gasteiger partial charge in [-0.3, -0.25) is 0 Å². The van der Waals surface area contributed by atoms with Gasteiger partial charge in [-0.05, 0) is 66.0 Å². The Balaban J connectivity index is 2.51. The SMILES string of the molecule is Cc1nc(-c2ccc(Cl)c(Br)c2)nc(C)c1C(C)CN. The first-order chi connectivity index (χ1) is 9.43. The Kier molecular flexibility index (Phi) is 4.78. The first-order valence-corrected chi connectivity index (χ1v) is 7.61. The van der Waals surface area contributed by atoms with Crippen LogP contribution in [0.1, 0.15) is 29.8 Å². The van der Waals surface area contributed by atoms with Gasteiger partial charge in [-0.15, -0.1) is 0 Å². The fraction of sp³-hybridized carbons (Fsp3) is 0.333. The van der Waals surface area contributed by atoms with Gasteiger partial charge < -0.3 is 5.73 Å². The molecule has 0 aliphatic rings.